The van der Waals surface area contributed by atoms with Gasteiger partial charge in [0.1, 0.15) is 6.10 Å². The van der Waals surface area contributed by atoms with E-state index in [1.807, 2.05) is 19.1 Å². The van der Waals surface area contributed by atoms with Gasteiger partial charge >= 0.3 is 0 Å². The normalized spacial score (nSPS) is 16.7. The van der Waals surface area contributed by atoms with Gasteiger partial charge in [0.25, 0.3) is 11.6 Å². The second kappa shape index (κ2) is 6.88. The van der Waals surface area contributed by atoms with Gasteiger partial charge in [-0.2, -0.15) is 0 Å². The minimum atomic E-state index is -0.467. The van der Waals surface area contributed by atoms with Gasteiger partial charge < -0.3 is 9.64 Å². The molecule has 2 heterocycles. The number of likely N-dealkylation sites (tertiary alicyclic amines) is 1. The number of nitrogens with zero attached hydrogens (tertiary/aromatic N) is 3. The van der Waals surface area contributed by atoms with Crippen LogP contribution in [-0.2, 0) is 0 Å². The summed E-state index contributed by atoms with van der Waals surface area (Å²) < 4.78 is 5.81. The zero-order valence-corrected chi connectivity index (χ0v) is 14.1. The Morgan fingerprint density at radius 1 is 1.32 bits per heavy atom. The standard InChI is InChI=1S/C18H19N3O4/c1-12-3-6-17(19-10-12)25-15-7-8-20(11-15)18(22)14-5-4-13(2)16(9-14)21(23)24/h3-6,9-10,15H,7-8,11H2,1-2H3. The number of benzene rings is 1. The van der Waals surface area contributed by atoms with Gasteiger partial charge in [0.2, 0.25) is 5.88 Å². The van der Waals surface area contributed by atoms with Crippen molar-refractivity contribution < 1.29 is 14.5 Å². The number of hydrogen-bond acceptors (Lipinski definition) is 5. The summed E-state index contributed by atoms with van der Waals surface area (Å²) in [6.45, 7) is 4.60. The number of carbonyl (C=O) groups excluding carboxylic acids is 1. The predicted octanol–water partition coefficient (Wildman–Crippen LogP) is 2.90. The van der Waals surface area contributed by atoms with E-state index in [-0.39, 0.29) is 17.7 Å². The molecule has 1 aromatic carbocycles. The number of amides is 1. The van der Waals surface area contributed by atoms with E-state index in [9.17, 15) is 14.9 Å². The summed E-state index contributed by atoms with van der Waals surface area (Å²) in [6.07, 6.45) is 2.31. The number of rotatable bonds is 4. The molecule has 0 bridgehead atoms. The zero-order valence-electron chi connectivity index (χ0n) is 14.1. The number of nitro benzene ring substituents is 1. The second-order valence-corrected chi connectivity index (χ2v) is 6.21. The lowest BCUT2D eigenvalue weighted by Crippen LogP contribution is -2.31. The summed E-state index contributed by atoms with van der Waals surface area (Å²) in [7, 11) is 0. The van der Waals surface area contributed by atoms with Crippen LogP contribution in [0.2, 0.25) is 0 Å². The van der Waals surface area contributed by atoms with Crippen molar-refractivity contribution in [2.45, 2.75) is 26.4 Å². The van der Waals surface area contributed by atoms with Gasteiger partial charge in [-0.3, -0.25) is 14.9 Å². The molecule has 1 saturated heterocycles. The van der Waals surface area contributed by atoms with Crippen LogP contribution in [0.5, 0.6) is 5.88 Å². The number of ether oxygens (including phenoxy) is 1. The highest BCUT2D eigenvalue weighted by Gasteiger charge is 2.29. The Labute approximate surface area is 145 Å². The number of aryl methyl sites for hydroxylation is 2. The van der Waals surface area contributed by atoms with Crippen LogP contribution in [0.3, 0.4) is 0 Å². The smallest absolute Gasteiger partial charge is 0.273 e. The van der Waals surface area contributed by atoms with Crippen molar-refractivity contribution in [3.63, 3.8) is 0 Å². The summed E-state index contributed by atoms with van der Waals surface area (Å²) in [6, 6.07) is 8.30. The highest BCUT2D eigenvalue weighted by Crippen LogP contribution is 2.23. The molecule has 1 aliphatic rings. The molecule has 130 valence electrons. The zero-order chi connectivity index (χ0) is 18.0. The molecular weight excluding hydrogens is 322 g/mol. The van der Waals surface area contributed by atoms with E-state index in [2.05, 4.69) is 4.98 Å². The van der Waals surface area contributed by atoms with Crippen LogP contribution in [0.25, 0.3) is 0 Å². The fraction of sp³-hybridized carbons (Fsp3) is 0.333. The van der Waals surface area contributed by atoms with Gasteiger partial charge in [0, 0.05) is 42.4 Å². The Balaban J connectivity index is 1.67. The van der Waals surface area contributed by atoms with E-state index in [0.29, 0.717) is 36.5 Å². The first-order valence-electron chi connectivity index (χ1n) is 8.07. The first-order valence-corrected chi connectivity index (χ1v) is 8.07. The van der Waals surface area contributed by atoms with E-state index in [1.165, 1.54) is 6.07 Å². The minimum absolute atomic E-state index is 0.0401. The van der Waals surface area contributed by atoms with Crippen molar-refractivity contribution >= 4 is 11.6 Å². The van der Waals surface area contributed by atoms with Crippen molar-refractivity contribution in [1.29, 1.82) is 0 Å². The molecule has 1 unspecified atom stereocenters. The highest BCUT2D eigenvalue weighted by molar-refractivity contribution is 5.95. The summed E-state index contributed by atoms with van der Waals surface area (Å²) in [5, 5.41) is 11.1. The summed E-state index contributed by atoms with van der Waals surface area (Å²) in [5.41, 5.74) is 1.87. The summed E-state index contributed by atoms with van der Waals surface area (Å²) in [4.78, 5) is 29.1. The van der Waals surface area contributed by atoms with E-state index in [0.717, 1.165) is 5.56 Å². The maximum atomic E-state index is 12.6. The van der Waals surface area contributed by atoms with Gasteiger partial charge in [-0.05, 0) is 25.5 Å². The Bertz CT molecular complexity index is 804. The molecule has 0 saturated carbocycles. The SMILES string of the molecule is Cc1ccc(OC2CCN(C(=O)c3ccc(C)c([N+](=O)[O-])c3)C2)nc1. The third kappa shape index (κ3) is 3.76. The average molecular weight is 341 g/mol. The van der Waals surface area contributed by atoms with Gasteiger partial charge in [-0.15, -0.1) is 0 Å². The fourth-order valence-corrected chi connectivity index (χ4v) is 2.83. The van der Waals surface area contributed by atoms with E-state index in [1.54, 1.807) is 30.2 Å². The maximum Gasteiger partial charge on any atom is 0.273 e. The Hall–Kier alpha value is -2.96. The molecule has 3 rings (SSSR count). The Morgan fingerprint density at radius 3 is 2.80 bits per heavy atom. The molecule has 7 heteroatoms. The third-order valence-electron chi connectivity index (χ3n) is 4.26. The predicted molar refractivity (Wildman–Crippen MR) is 91.7 cm³/mol. The van der Waals surface area contributed by atoms with Crippen LogP contribution in [0.4, 0.5) is 5.69 Å². The van der Waals surface area contributed by atoms with Crippen LogP contribution < -0.4 is 4.74 Å². The van der Waals surface area contributed by atoms with Crippen LogP contribution in [0.1, 0.15) is 27.9 Å². The molecular formula is C18H19N3O4. The summed E-state index contributed by atoms with van der Waals surface area (Å²) in [5.74, 6) is 0.321. The van der Waals surface area contributed by atoms with Crippen molar-refractivity contribution in [2.24, 2.45) is 0 Å². The molecule has 0 radical (unpaired) electrons. The first-order chi connectivity index (χ1) is 11.9. The van der Waals surface area contributed by atoms with Crippen molar-refractivity contribution in [1.82, 2.24) is 9.88 Å². The minimum Gasteiger partial charge on any atom is -0.472 e. The largest absolute Gasteiger partial charge is 0.472 e. The van der Waals surface area contributed by atoms with Crippen LogP contribution in [0, 0.1) is 24.0 Å². The average Bonchev–Trinajstić information content (AvgIpc) is 3.05. The molecule has 0 N–H and O–H groups in total. The monoisotopic (exact) mass is 341 g/mol. The second-order valence-electron chi connectivity index (χ2n) is 6.21. The van der Waals surface area contributed by atoms with Crippen molar-refractivity contribution in [3.05, 3.63) is 63.3 Å². The lowest BCUT2D eigenvalue weighted by molar-refractivity contribution is -0.385. The number of pyridine rings is 1. The van der Waals surface area contributed by atoms with Crippen LogP contribution >= 0.6 is 0 Å². The fourth-order valence-electron chi connectivity index (χ4n) is 2.83. The van der Waals surface area contributed by atoms with Gasteiger partial charge in [0.15, 0.2) is 0 Å². The van der Waals surface area contributed by atoms with Crippen molar-refractivity contribution in [2.75, 3.05) is 13.1 Å². The van der Waals surface area contributed by atoms with Crippen LogP contribution in [0.15, 0.2) is 36.5 Å². The lowest BCUT2D eigenvalue weighted by atomic mass is 10.1. The highest BCUT2D eigenvalue weighted by atomic mass is 16.6. The molecule has 1 fully saturated rings. The molecule has 0 aliphatic carbocycles. The molecule has 1 aliphatic heterocycles. The Morgan fingerprint density at radius 2 is 2.12 bits per heavy atom. The molecule has 1 atom stereocenters. The maximum absolute atomic E-state index is 12.6. The lowest BCUT2D eigenvalue weighted by Gasteiger charge is -2.17. The van der Waals surface area contributed by atoms with Gasteiger partial charge in [-0.25, -0.2) is 4.98 Å². The van der Waals surface area contributed by atoms with Gasteiger partial charge in [0.05, 0.1) is 11.5 Å². The third-order valence-corrected chi connectivity index (χ3v) is 4.26. The number of carbonyl (C=O) groups is 1. The topological polar surface area (TPSA) is 85.6 Å². The van der Waals surface area contributed by atoms with Crippen molar-refractivity contribution in [3.8, 4) is 5.88 Å². The van der Waals surface area contributed by atoms with Gasteiger partial charge in [-0.1, -0.05) is 12.1 Å². The number of nitro groups is 1. The number of aromatic nitrogens is 1. The molecule has 1 amide bonds. The molecule has 25 heavy (non-hydrogen) atoms. The molecule has 2 aromatic rings. The first kappa shape index (κ1) is 16.9. The Kier molecular flexibility index (Phi) is 4.65. The van der Waals surface area contributed by atoms with E-state index < -0.39 is 4.92 Å². The van der Waals surface area contributed by atoms with E-state index >= 15 is 0 Å². The molecule has 0 spiro atoms. The quantitative estimate of drug-likeness (QED) is 0.630. The summed E-state index contributed by atoms with van der Waals surface area (Å²) >= 11 is 0. The van der Waals surface area contributed by atoms with Crippen LogP contribution in [-0.4, -0.2) is 39.9 Å². The molecule has 1 aromatic heterocycles. The number of hydrogen-bond donors (Lipinski definition) is 0. The molecule has 7 nitrogen and oxygen atoms in total. The van der Waals surface area contributed by atoms with E-state index in [4.69, 9.17) is 4.74 Å².